The van der Waals surface area contributed by atoms with E-state index in [2.05, 4.69) is 18.9 Å². The fourth-order valence-corrected chi connectivity index (χ4v) is 2.99. The lowest BCUT2D eigenvalue weighted by Gasteiger charge is -2.36. The summed E-state index contributed by atoms with van der Waals surface area (Å²) in [5, 5.41) is 4.39. The maximum atomic E-state index is 6.40. The van der Waals surface area contributed by atoms with Crippen LogP contribution in [0.25, 0.3) is 0 Å². The summed E-state index contributed by atoms with van der Waals surface area (Å²) in [4.78, 5) is 0. The number of methoxy groups -OCH3 is 1. The van der Waals surface area contributed by atoms with Crippen molar-refractivity contribution >= 4 is 0 Å². The van der Waals surface area contributed by atoms with Gasteiger partial charge in [0.25, 0.3) is 0 Å². The summed E-state index contributed by atoms with van der Waals surface area (Å²) >= 11 is 0. The van der Waals surface area contributed by atoms with Crippen molar-refractivity contribution in [2.75, 3.05) is 13.7 Å². The van der Waals surface area contributed by atoms with Crippen molar-refractivity contribution in [2.45, 2.75) is 58.2 Å². The molecule has 1 aromatic rings. The van der Waals surface area contributed by atoms with Crippen LogP contribution in [0.1, 0.15) is 57.8 Å². The van der Waals surface area contributed by atoms with Gasteiger partial charge in [-0.3, -0.25) is 4.68 Å². The van der Waals surface area contributed by atoms with Gasteiger partial charge >= 0.3 is 0 Å². The highest BCUT2D eigenvalue weighted by Crippen LogP contribution is 2.38. The highest BCUT2D eigenvalue weighted by Gasteiger charge is 2.32. The standard InChI is InChI=1S/C15H27N3O2/c1-5-20-12-6-11(7-12)8-13(16)15-14(19-4)9-17-18(15)10(2)3/h9-13H,5-8,16H2,1-4H3. The number of hydrogen-bond acceptors (Lipinski definition) is 4. The van der Waals surface area contributed by atoms with E-state index in [0.29, 0.717) is 12.0 Å². The van der Waals surface area contributed by atoms with E-state index in [4.69, 9.17) is 15.2 Å². The number of rotatable bonds is 7. The topological polar surface area (TPSA) is 62.3 Å². The fourth-order valence-electron chi connectivity index (χ4n) is 2.99. The zero-order chi connectivity index (χ0) is 14.7. The molecule has 5 nitrogen and oxygen atoms in total. The monoisotopic (exact) mass is 281 g/mol. The number of hydrogen-bond donors (Lipinski definition) is 1. The molecule has 1 heterocycles. The molecular formula is C15H27N3O2. The van der Waals surface area contributed by atoms with Crippen LogP contribution >= 0.6 is 0 Å². The first-order valence-corrected chi connectivity index (χ1v) is 7.55. The van der Waals surface area contributed by atoms with Crippen LogP contribution in [0.5, 0.6) is 5.75 Å². The number of nitrogens with two attached hydrogens (primary N) is 1. The van der Waals surface area contributed by atoms with Crippen molar-refractivity contribution in [3.8, 4) is 5.75 Å². The van der Waals surface area contributed by atoms with Crippen molar-refractivity contribution in [2.24, 2.45) is 11.7 Å². The highest BCUT2D eigenvalue weighted by molar-refractivity contribution is 5.28. The van der Waals surface area contributed by atoms with E-state index in [-0.39, 0.29) is 12.1 Å². The average molecular weight is 281 g/mol. The minimum Gasteiger partial charge on any atom is -0.493 e. The van der Waals surface area contributed by atoms with Gasteiger partial charge in [0.15, 0.2) is 5.75 Å². The van der Waals surface area contributed by atoms with Crippen molar-refractivity contribution < 1.29 is 9.47 Å². The number of nitrogens with zero attached hydrogens (tertiary/aromatic N) is 2. The Morgan fingerprint density at radius 1 is 1.45 bits per heavy atom. The Hall–Kier alpha value is -1.07. The third kappa shape index (κ3) is 3.15. The molecule has 1 aliphatic rings. The zero-order valence-corrected chi connectivity index (χ0v) is 13.0. The van der Waals surface area contributed by atoms with Gasteiger partial charge in [-0.2, -0.15) is 5.10 Å². The SMILES string of the molecule is CCOC1CC(CC(N)c2c(OC)cnn2C(C)C)C1. The largest absolute Gasteiger partial charge is 0.493 e. The van der Waals surface area contributed by atoms with Crippen LogP contribution in [0, 0.1) is 5.92 Å². The zero-order valence-electron chi connectivity index (χ0n) is 13.0. The molecule has 1 atom stereocenters. The second kappa shape index (κ2) is 6.59. The molecule has 2 rings (SSSR count). The van der Waals surface area contributed by atoms with Gasteiger partial charge in [-0.15, -0.1) is 0 Å². The van der Waals surface area contributed by atoms with Crippen LogP contribution < -0.4 is 10.5 Å². The second-order valence-electron chi connectivity index (χ2n) is 5.89. The first-order valence-electron chi connectivity index (χ1n) is 7.55. The van der Waals surface area contributed by atoms with Crippen molar-refractivity contribution in [3.63, 3.8) is 0 Å². The summed E-state index contributed by atoms with van der Waals surface area (Å²) in [5.74, 6) is 1.45. The summed E-state index contributed by atoms with van der Waals surface area (Å²) in [6, 6.07) is 0.264. The van der Waals surface area contributed by atoms with E-state index in [9.17, 15) is 0 Å². The summed E-state index contributed by atoms with van der Waals surface area (Å²) < 4.78 is 13.0. The van der Waals surface area contributed by atoms with Crippen LogP contribution in [0.3, 0.4) is 0 Å². The molecule has 0 radical (unpaired) electrons. The summed E-state index contributed by atoms with van der Waals surface area (Å²) in [7, 11) is 1.67. The molecule has 2 N–H and O–H groups in total. The smallest absolute Gasteiger partial charge is 0.161 e. The van der Waals surface area contributed by atoms with Crippen molar-refractivity contribution in [3.05, 3.63) is 11.9 Å². The molecule has 0 spiro atoms. The lowest BCUT2D eigenvalue weighted by molar-refractivity contribution is -0.0284. The molecule has 0 bridgehead atoms. The normalized spacial score (nSPS) is 23.7. The average Bonchev–Trinajstić information content (AvgIpc) is 2.80. The summed E-state index contributed by atoms with van der Waals surface area (Å²) in [6.45, 7) is 7.07. The van der Waals surface area contributed by atoms with Gasteiger partial charge in [0, 0.05) is 12.6 Å². The summed E-state index contributed by atoms with van der Waals surface area (Å²) in [6.07, 6.45) is 5.42. The quantitative estimate of drug-likeness (QED) is 0.834. The lowest BCUT2D eigenvalue weighted by Crippen LogP contribution is -2.34. The predicted octanol–water partition coefficient (Wildman–Crippen LogP) is 2.68. The van der Waals surface area contributed by atoms with E-state index < -0.39 is 0 Å². The molecule has 0 aliphatic heterocycles. The molecule has 1 aliphatic carbocycles. The minimum atomic E-state index is -0.0255. The lowest BCUT2D eigenvalue weighted by atomic mass is 9.78. The van der Waals surface area contributed by atoms with Gasteiger partial charge < -0.3 is 15.2 Å². The first-order chi connectivity index (χ1) is 9.56. The van der Waals surface area contributed by atoms with Crippen LogP contribution in [0.2, 0.25) is 0 Å². The van der Waals surface area contributed by atoms with E-state index in [1.807, 2.05) is 11.6 Å². The first kappa shape index (κ1) is 15.3. The molecule has 20 heavy (non-hydrogen) atoms. The third-order valence-electron chi connectivity index (χ3n) is 4.04. The fraction of sp³-hybridized carbons (Fsp3) is 0.800. The van der Waals surface area contributed by atoms with Crippen molar-refractivity contribution in [1.29, 1.82) is 0 Å². The van der Waals surface area contributed by atoms with Gasteiger partial charge in [-0.1, -0.05) is 0 Å². The van der Waals surface area contributed by atoms with Gasteiger partial charge in [0.05, 0.1) is 31.1 Å². The number of aromatic nitrogens is 2. The minimum absolute atomic E-state index is 0.0255. The molecule has 1 saturated carbocycles. The molecule has 1 unspecified atom stereocenters. The maximum Gasteiger partial charge on any atom is 0.161 e. The Balaban J connectivity index is 1.99. The van der Waals surface area contributed by atoms with Crippen molar-refractivity contribution in [1.82, 2.24) is 9.78 Å². The molecule has 114 valence electrons. The molecule has 1 aromatic heterocycles. The van der Waals surface area contributed by atoms with Crippen LogP contribution in [-0.2, 0) is 4.74 Å². The molecule has 1 fully saturated rings. The van der Waals surface area contributed by atoms with E-state index in [1.54, 1.807) is 13.3 Å². The van der Waals surface area contributed by atoms with E-state index >= 15 is 0 Å². The highest BCUT2D eigenvalue weighted by atomic mass is 16.5. The molecule has 0 amide bonds. The van der Waals surface area contributed by atoms with Gasteiger partial charge in [-0.25, -0.2) is 0 Å². The van der Waals surface area contributed by atoms with Gasteiger partial charge in [0.1, 0.15) is 0 Å². The predicted molar refractivity (Wildman–Crippen MR) is 78.8 cm³/mol. The van der Waals surface area contributed by atoms with E-state index in [1.165, 1.54) is 0 Å². The molecule has 5 heteroatoms. The second-order valence-corrected chi connectivity index (χ2v) is 5.89. The van der Waals surface area contributed by atoms with Gasteiger partial charge in [-0.05, 0) is 46.0 Å². The Morgan fingerprint density at radius 2 is 2.15 bits per heavy atom. The van der Waals surface area contributed by atoms with Crippen LogP contribution in [-0.4, -0.2) is 29.6 Å². The third-order valence-corrected chi connectivity index (χ3v) is 4.04. The molecular weight excluding hydrogens is 254 g/mol. The molecule has 0 saturated heterocycles. The van der Waals surface area contributed by atoms with Gasteiger partial charge in [0.2, 0.25) is 0 Å². The molecule has 0 aromatic carbocycles. The van der Waals surface area contributed by atoms with Crippen LogP contribution in [0.15, 0.2) is 6.20 Å². The Kier molecular flexibility index (Phi) is 5.05. The Labute approximate surface area is 121 Å². The Bertz CT molecular complexity index is 425. The van der Waals surface area contributed by atoms with E-state index in [0.717, 1.165) is 37.3 Å². The summed E-state index contributed by atoms with van der Waals surface area (Å²) in [5.41, 5.74) is 7.42. The maximum absolute atomic E-state index is 6.40. The van der Waals surface area contributed by atoms with Crippen LogP contribution in [0.4, 0.5) is 0 Å². The number of ether oxygens (including phenoxy) is 2. The Morgan fingerprint density at radius 3 is 2.70 bits per heavy atom.